The average Bonchev–Trinajstić information content (AvgIpc) is 2.36. The first-order valence-corrected chi connectivity index (χ1v) is 6.30. The maximum absolute atomic E-state index is 11.5. The normalized spacial score (nSPS) is 11.4. The third-order valence-corrected chi connectivity index (χ3v) is 2.90. The van der Waals surface area contributed by atoms with Gasteiger partial charge in [0.25, 0.3) is 5.91 Å². The maximum Gasteiger partial charge on any atom is 0.257 e. The van der Waals surface area contributed by atoms with E-state index in [0.29, 0.717) is 22.3 Å². The standard InChI is InChI=1S/C12H16Cl2N2O2.ClH/c1-8(15-2)6-16-12(17)7-18-11-5-9(13)3-4-10(11)14;/h3-5,8,15H,6-7H2,1-2H3,(H,16,17);1H. The van der Waals surface area contributed by atoms with E-state index in [1.54, 1.807) is 18.2 Å². The van der Waals surface area contributed by atoms with Gasteiger partial charge in [0.1, 0.15) is 5.75 Å². The van der Waals surface area contributed by atoms with E-state index in [1.807, 2.05) is 14.0 Å². The summed E-state index contributed by atoms with van der Waals surface area (Å²) < 4.78 is 5.30. The number of amides is 1. The van der Waals surface area contributed by atoms with Crippen LogP contribution in [0.2, 0.25) is 10.0 Å². The lowest BCUT2D eigenvalue weighted by molar-refractivity contribution is -0.123. The number of benzene rings is 1. The SMILES string of the molecule is CNC(C)CNC(=O)COc1cc(Cl)ccc1Cl.Cl. The molecular formula is C12H17Cl3N2O2. The van der Waals surface area contributed by atoms with E-state index in [0.717, 1.165) is 0 Å². The van der Waals surface area contributed by atoms with Crippen LogP contribution in [0.1, 0.15) is 6.92 Å². The van der Waals surface area contributed by atoms with Crippen LogP contribution in [0.4, 0.5) is 0 Å². The molecule has 0 saturated carbocycles. The number of likely N-dealkylation sites (N-methyl/N-ethyl adjacent to an activating group) is 1. The van der Waals surface area contributed by atoms with Gasteiger partial charge in [-0.25, -0.2) is 0 Å². The fourth-order valence-electron chi connectivity index (χ4n) is 1.15. The van der Waals surface area contributed by atoms with Gasteiger partial charge in [-0.3, -0.25) is 4.79 Å². The third kappa shape index (κ3) is 6.87. The first kappa shape index (κ1) is 18.3. The van der Waals surface area contributed by atoms with Crippen molar-refractivity contribution in [2.24, 2.45) is 0 Å². The Balaban J connectivity index is 0.00000324. The van der Waals surface area contributed by atoms with Crippen LogP contribution in [0.25, 0.3) is 0 Å². The van der Waals surface area contributed by atoms with Crippen molar-refractivity contribution in [3.8, 4) is 5.75 Å². The molecule has 0 radical (unpaired) electrons. The summed E-state index contributed by atoms with van der Waals surface area (Å²) >= 11 is 11.7. The highest BCUT2D eigenvalue weighted by molar-refractivity contribution is 6.34. The van der Waals surface area contributed by atoms with Gasteiger partial charge in [0.05, 0.1) is 5.02 Å². The van der Waals surface area contributed by atoms with Crippen LogP contribution in [0, 0.1) is 0 Å². The van der Waals surface area contributed by atoms with Gasteiger partial charge in [0, 0.05) is 23.7 Å². The van der Waals surface area contributed by atoms with E-state index in [1.165, 1.54) is 0 Å². The molecule has 7 heteroatoms. The lowest BCUT2D eigenvalue weighted by atomic mass is 10.3. The Bertz CT molecular complexity index is 416. The van der Waals surface area contributed by atoms with Crippen molar-refractivity contribution in [2.45, 2.75) is 13.0 Å². The summed E-state index contributed by atoms with van der Waals surface area (Å²) in [6.45, 7) is 2.42. The second-order valence-electron chi connectivity index (χ2n) is 3.86. The van der Waals surface area contributed by atoms with Gasteiger partial charge < -0.3 is 15.4 Å². The topological polar surface area (TPSA) is 50.4 Å². The predicted octanol–water partition coefficient (Wildman–Crippen LogP) is 2.52. The largest absolute Gasteiger partial charge is 0.482 e. The lowest BCUT2D eigenvalue weighted by Crippen LogP contribution is -2.39. The van der Waals surface area contributed by atoms with Gasteiger partial charge in [-0.1, -0.05) is 23.2 Å². The number of ether oxygens (including phenoxy) is 1. The van der Waals surface area contributed by atoms with Gasteiger partial charge >= 0.3 is 0 Å². The first-order chi connectivity index (χ1) is 8.52. The van der Waals surface area contributed by atoms with E-state index in [4.69, 9.17) is 27.9 Å². The zero-order valence-electron chi connectivity index (χ0n) is 10.7. The van der Waals surface area contributed by atoms with Gasteiger partial charge in [0.15, 0.2) is 6.61 Å². The molecule has 1 amide bonds. The summed E-state index contributed by atoms with van der Waals surface area (Å²) in [6, 6.07) is 5.07. The Hall–Kier alpha value is -0.680. The van der Waals surface area contributed by atoms with Crippen molar-refractivity contribution in [1.82, 2.24) is 10.6 Å². The molecule has 1 atom stereocenters. The van der Waals surface area contributed by atoms with Crippen molar-refractivity contribution < 1.29 is 9.53 Å². The van der Waals surface area contributed by atoms with E-state index in [2.05, 4.69) is 10.6 Å². The summed E-state index contributed by atoms with van der Waals surface area (Å²) in [5, 5.41) is 6.69. The quantitative estimate of drug-likeness (QED) is 0.844. The third-order valence-electron chi connectivity index (χ3n) is 2.35. The highest BCUT2D eigenvalue weighted by atomic mass is 35.5. The van der Waals surface area contributed by atoms with Crippen LogP contribution in [0.15, 0.2) is 18.2 Å². The summed E-state index contributed by atoms with van der Waals surface area (Å²) in [7, 11) is 1.83. The van der Waals surface area contributed by atoms with Crippen LogP contribution in [-0.2, 0) is 4.79 Å². The zero-order chi connectivity index (χ0) is 13.5. The Morgan fingerprint density at radius 3 is 2.74 bits per heavy atom. The number of nitrogens with one attached hydrogen (secondary N) is 2. The van der Waals surface area contributed by atoms with Crippen molar-refractivity contribution in [2.75, 3.05) is 20.2 Å². The monoisotopic (exact) mass is 326 g/mol. The Labute approximate surface area is 129 Å². The number of rotatable bonds is 6. The minimum Gasteiger partial charge on any atom is -0.482 e. The predicted molar refractivity (Wildman–Crippen MR) is 80.7 cm³/mol. The molecule has 0 aromatic heterocycles. The highest BCUT2D eigenvalue weighted by Crippen LogP contribution is 2.27. The average molecular weight is 328 g/mol. The molecule has 108 valence electrons. The van der Waals surface area contributed by atoms with Gasteiger partial charge in [0.2, 0.25) is 0 Å². The van der Waals surface area contributed by atoms with Crippen molar-refractivity contribution in [3.63, 3.8) is 0 Å². The smallest absolute Gasteiger partial charge is 0.257 e. The summed E-state index contributed by atoms with van der Waals surface area (Å²) in [5.74, 6) is 0.203. The molecule has 0 saturated heterocycles. The number of hydrogen-bond acceptors (Lipinski definition) is 3. The summed E-state index contributed by atoms with van der Waals surface area (Å²) in [6.07, 6.45) is 0. The maximum atomic E-state index is 11.5. The molecule has 0 aliphatic carbocycles. The molecule has 1 unspecified atom stereocenters. The minimum atomic E-state index is -0.201. The van der Waals surface area contributed by atoms with E-state index >= 15 is 0 Å². The Morgan fingerprint density at radius 1 is 1.42 bits per heavy atom. The van der Waals surface area contributed by atoms with Crippen molar-refractivity contribution in [3.05, 3.63) is 28.2 Å². The molecule has 0 aliphatic rings. The first-order valence-electron chi connectivity index (χ1n) is 5.54. The highest BCUT2D eigenvalue weighted by Gasteiger charge is 2.07. The molecule has 19 heavy (non-hydrogen) atoms. The molecular weight excluding hydrogens is 311 g/mol. The number of carbonyl (C=O) groups excluding carboxylic acids is 1. The summed E-state index contributed by atoms with van der Waals surface area (Å²) in [5.41, 5.74) is 0. The van der Waals surface area contributed by atoms with Crippen LogP contribution in [-0.4, -0.2) is 32.1 Å². The molecule has 1 aromatic rings. The van der Waals surface area contributed by atoms with E-state index in [9.17, 15) is 4.79 Å². The number of hydrogen-bond donors (Lipinski definition) is 2. The fraction of sp³-hybridized carbons (Fsp3) is 0.417. The van der Waals surface area contributed by atoms with Crippen LogP contribution in [0.5, 0.6) is 5.75 Å². The van der Waals surface area contributed by atoms with Gasteiger partial charge in [-0.15, -0.1) is 12.4 Å². The second-order valence-corrected chi connectivity index (χ2v) is 4.70. The lowest BCUT2D eigenvalue weighted by Gasteiger charge is -2.12. The molecule has 0 aliphatic heterocycles. The van der Waals surface area contributed by atoms with Crippen LogP contribution >= 0.6 is 35.6 Å². The number of halogens is 3. The zero-order valence-corrected chi connectivity index (χ0v) is 13.0. The van der Waals surface area contributed by atoms with Crippen molar-refractivity contribution in [1.29, 1.82) is 0 Å². The molecule has 1 aromatic carbocycles. The van der Waals surface area contributed by atoms with E-state index < -0.39 is 0 Å². The molecule has 0 bridgehead atoms. The Morgan fingerprint density at radius 2 is 2.11 bits per heavy atom. The van der Waals surface area contributed by atoms with Gasteiger partial charge in [-0.2, -0.15) is 0 Å². The molecule has 0 heterocycles. The van der Waals surface area contributed by atoms with Gasteiger partial charge in [-0.05, 0) is 26.1 Å². The second kappa shape index (κ2) is 9.26. The van der Waals surface area contributed by atoms with Crippen LogP contribution in [0.3, 0.4) is 0 Å². The summed E-state index contributed by atoms with van der Waals surface area (Å²) in [4.78, 5) is 11.5. The molecule has 4 nitrogen and oxygen atoms in total. The Kier molecular flexibility index (Phi) is 8.93. The van der Waals surface area contributed by atoms with Crippen LogP contribution < -0.4 is 15.4 Å². The molecule has 0 spiro atoms. The fourth-order valence-corrected chi connectivity index (χ4v) is 1.49. The molecule has 2 N–H and O–H groups in total. The molecule has 1 rings (SSSR count). The number of carbonyl (C=O) groups is 1. The van der Waals surface area contributed by atoms with E-state index in [-0.39, 0.29) is 31.0 Å². The van der Waals surface area contributed by atoms with Crippen molar-refractivity contribution >= 4 is 41.5 Å². The molecule has 0 fully saturated rings. The minimum absolute atomic E-state index is 0.